The number of hydrogen-bond donors (Lipinski definition) is 4. The van der Waals surface area contributed by atoms with Crippen LogP contribution in [0.5, 0.6) is 17.2 Å². The molecule has 0 amide bonds. The van der Waals surface area contributed by atoms with Crippen LogP contribution in [-0.4, -0.2) is 46.0 Å². The Balaban J connectivity index is 1.82. The summed E-state index contributed by atoms with van der Waals surface area (Å²) >= 11 is 0. The molecule has 0 aliphatic carbocycles. The van der Waals surface area contributed by atoms with Crippen molar-refractivity contribution in [2.24, 2.45) is 5.73 Å². The maximum atomic E-state index is 12.0. The molecule has 0 aliphatic heterocycles. The molecule has 0 spiro atoms. The number of rotatable bonds is 7. The van der Waals surface area contributed by atoms with Crippen molar-refractivity contribution in [2.45, 2.75) is 25.5 Å². The first-order valence-electron chi connectivity index (χ1n) is 8.20. The van der Waals surface area contributed by atoms with Crippen LogP contribution in [0.25, 0.3) is 0 Å². The van der Waals surface area contributed by atoms with E-state index in [0.717, 1.165) is 0 Å². The van der Waals surface area contributed by atoms with Crippen LogP contribution in [0.2, 0.25) is 0 Å². The number of nitrogens with two attached hydrogens (primary N) is 1. The molecule has 8 heteroatoms. The van der Waals surface area contributed by atoms with Crippen LogP contribution in [0.15, 0.2) is 42.5 Å². The molecule has 2 atom stereocenters. The van der Waals surface area contributed by atoms with E-state index in [4.69, 9.17) is 15.2 Å². The number of phenols is 3. The molecule has 0 radical (unpaired) electrons. The molecule has 27 heavy (non-hydrogen) atoms. The molecule has 144 valence electrons. The molecule has 8 nitrogen and oxygen atoms in total. The Morgan fingerprint density at radius 2 is 1.74 bits per heavy atom. The summed E-state index contributed by atoms with van der Waals surface area (Å²) in [4.78, 5) is 23.9. The van der Waals surface area contributed by atoms with Crippen molar-refractivity contribution in [1.29, 1.82) is 0 Å². The third kappa shape index (κ3) is 5.61. The highest BCUT2D eigenvalue weighted by atomic mass is 16.6. The third-order valence-corrected chi connectivity index (χ3v) is 3.69. The lowest BCUT2D eigenvalue weighted by molar-refractivity contribution is -0.148. The minimum absolute atomic E-state index is 0.0134. The largest absolute Gasteiger partial charge is 0.507 e. The van der Waals surface area contributed by atoms with Crippen molar-refractivity contribution >= 4 is 11.9 Å². The smallest absolute Gasteiger partial charge is 0.342 e. The van der Waals surface area contributed by atoms with Gasteiger partial charge in [-0.25, -0.2) is 4.79 Å². The molecule has 0 saturated carbocycles. The van der Waals surface area contributed by atoms with E-state index in [0.29, 0.717) is 5.56 Å². The van der Waals surface area contributed by atoms with Crippen LogP contribution in [0.3, 0.4) is 0 Å². The van der Waals surface area contributed by atoms with Crippen molar-refractivity contribution < 1.29 is 34.4 Å². The average Bonchev–Trinajstić information content (AvgIpc) is 2.63. The number of ether oxygens (including phenoxy) is 2. The monoisotopic (exact) mass is 375 g/mol. The quantitative estimate of drug-likeness (QED) is 0.421. The van der Waals surface area contributed by atoms with Crippen LogP contribution in [0.4, 0.5) is 0 Å². The SMILES string of the molecule is C[C@H](COC(=O)[C@@H](N)Cc1ccc(O)c(O)c1)OC(=O)c1ccccc1O. The van der Waals surface area contributed by atoms with Crippen molar-refractivity contribution in [3.8, 4) is 17.2 Å². The van der Waals surface area contributed by atoms with E-state index in [1.165, 1.54) is 37.3 Å². The van der Waals surface area contributed by atoms with Gasteiger partial charge in [0.05, 0.1) is 0 Å². The minimum atomic E-state index is -0.991. The first-order chi connectivity index (χ1) is 12.8. The van der Waals surface area contributed by atoms with E-state index in [2.05, 4.69) is 0 Å². The van der Waals surface area contributed by atoms with E-state index in [1.807, 2.05) is 0 Å². The van der Waals surface area contributed by atoms with Gasteiger partial charge in [-0.1, -0.05) is 18.2 Å². The minimum Gasteiger partial charge on any atom is -0.507 e. The normalized spacial score (nSPS) is 12.8. The third-order valence-electron chi connectivity index (χ3n) is 3.69. The Hall–Kier alpha value is -3.26. The summed E-state index contributed by atoms with van der Waals surface area (Å²) in [6, 6.07) is 9.07. The lowest BCUT2D eigenvalue weighted by Crippen LogP contribution is -2.36. The Labute approximate surface area is 155 Å². The Morgan fingerprint density at radius 3 is 2.41 bits per heavy atom. The number of phenolic OH excluding ortho intramolecular Hbond substituents is 3. The zero-order valence-corrected chi connectivity index (χ0v) is 14.7. The highest BCUT2D eigenvalue weighted by Crippen LogP contribution is 2.25. The summed E-state index contributed by atoms with van der Waals surface area (Å²) in [5.74, 6) is -2.22. The van der Waals surface area contributed by atoms with Crippen LogP contribution >= 0.6 is 0 Å². The van der Waals surface area contributed by atoms with Gasteiger partial charge in [0.2, 0.25) is 0 Å². The molecule has 0 fully saturated rings. The number of carbonyl (C=O) groups is 2. The molecular formula is C19H21NO7. The van der Waals surface area contributed by atoms with Crippen LogP contribution in [0.1, 0.15) is 22.8 Å². The predicted octanol–water partition coefficient (Wildman–Crippen LogP) is 1.46. The van der Waals surface area contributed by atoms with Crippen LogP contribution in [0, 0.1) is 0 Å². The van der Waals surface area contributed by atoms with Gasteiger partial charge in [0.1, 0.15) is 30.1 Å². The van der Waals surface area contributed by atoms with Gasteiger partial charge in [0.25, 0.3) is 0 Å². The fourth-order valence-electron chi connectivity index (χ4n) is 2.27. The zero-order chi connectivity index (χ0) is 20.0. The lowest BCUT2D eigenvalue weighted by atomic mass is 10.1. The maximum Gasteiger partial charge on any atom is 0.342 e. The zero-order valence-electron chi connectivity index (χ0n) is 14.7. The van der Waals surface area contributed by atoms with Crippen molar-refractivity contribution in [3.63, 3.8) is 0 Å². The highest BCUT2D eigenvalue weighted by Gasteiger charge is 2.20. The molecule has 0 heterocycles. The average molecular weight is 375 g/mol. The van der Waals surface area contributed by atoms with Gasteiger partial charge in [-0.3, -0.25) is 4.79 Å². The van der Waals surface area contributed by atoms with Crippen molar-refractivity contribution in [3.05, 3.63) is 53.6 Å². The van der Waals surface area contributed by atoms with Crippen LogP contribution < -0.4 is 5.73 Å². The molecule has 2 aromatic rings. The molecular weight excluding hydrogens is 354 g/mol. The van der Waals surface area contributed by atoms with Gasteiger partial charge in [0, 0.05) is 0 Å². The standard InChI is InChI=1S/C19H21NO7/c1-11(27-18(24)13-4-2-3-5-15(13)21)10-26-19(25)14(20)8-12-6-7-16(22)17(23)9-12/h2-7,9,11,14,21-23H,8,10,20H2,1H3/t11-,14+/m1/s1. The first kappa shape index (κ1) is 20.1. The first-order valence-corrected chi connectivity index (χ1v) is 8.20. The maximum absolute atomic E-state index is 12.0. The summed E-state index contributed by atoms with van der Waals surface area (Å²) < 4.78 is 10.2. The number of benzene rings is 2. The molecule has 2 rings (SSSR count). The van der Waals surface area contributed by atoms with E-state index in [-0.39, 0.29) is 35.8 Å². The summed E-state index contributed by atoms with van der Waals surface area (Å²) in [7, 11) is 0. The van der Waals surface area contributed by atoms with E-state index in [9.17, 15) is 24.9 Å². The second-order valence-corrected chi connectivity index (χ2v) is 6.00. The Bertz CT molecular complexity index is 821. The summed E-state index contributed by atoms with van der Waals surface area (Å²) in [5.41, 5.74) is 6.34. The van der Waals surface area contributed by atoms with Gasteiger partial charge in [-0.15, -0.1) is 0 Å². The fraction of sp³-hybridized carbons (Fsp3) is 0.263. The number of hydrogen-bond acceptors (Lipinski definition) is 8. The number of para-hydroxylation sites is 1. The van der Waals surface area contributed by atoms with E-state index < -0.39 is 24.1 Å². The Morgan fingerprint density at radius 1 is 1.04 bits per heavy atom. The molecule has 0 aromatic heterocycles. The molecule has 2 aromatic carbocycles. The fourth-order valence-corrected chi connectivity index (χ4v) is 2.27. The van der Waals surface area contributed by atoms with Gasteiger partial charge in [-0.05, 0) is 43.2 Å². The molecule has 0 bridgehead atoms. The molecule has 0 aliphatic rings. The van der Waals surface area contributed by atoms with E-state index in [1.54, 1.807) is 12.1 Å². The molecule has 0 unspecified atom stereocenters. The second-order valence-electron chi connectivity index (χ2n) is 6.00. The summed E-state index contributed by atoms with van der Waals surface area (Å²) in [6.45, 7) is 1.33. The van der Waals surface area contributed by atoms with Gasteiger partial charge >= 0.3 is 11.9 Å². The van der Waals surface area contributed by atoms with Crippen molar-refractivity contribution in [1.82, 2.24) is 0 Å². The topological polar surface area (TPSA) is 139 Å². The molecule has 0 saturated heterocycles. The second kappa shape index (κ2) is 8.91. The predicted molar refractivity (Wildman–Crippen MR) is 95.4 cm³/mol. The van der Waals surface area contributed by atoms with Gasteiger partial charge in [0.15, 0.2) is 11.5 Å². The van der Waals surface area contributed by atoms with Gasteiger partial charge < -0.3 is 30.5 Å². The Kier molecular flexibility index (Phi) is 6.62. The molecule has 5 N–H and O–H groups in total. The number of esters is 2. The van der Waals surface area contributed by atoms with Crippen molar-refractivity contribution in [2.75, 3.05) is 6.61 Å². The van der Waals surface area contributed by atoms with Gasteiger partial charge in [-0.2, -0.15) is 0 Å². The number of aromatic hydroxyl groups is 3. The summed E-state index contributed by atoms with van der Waals surface area (Å²) in [5, 5.41) is 28.4. The highest BCUT2D eigenvalue weighted by molar-refractivity contribution is 5.92. The van der Waals surface area contributed by atoms with Crippen LogP contribution in [-0.2, 0) is 20.7 Å². The lowest BCUT2D eigenvalue weighted by Gasteiger charge is -2.16. The summed E-state index contributed by atoms with van der Waals surface area (Å²) in [6.07, 6.45) is -0.649. The number of carbonyl (C=O) groups excluding carboxylic acids is 2. The van der Waals surface area contributed by atoms with E-state index >= 15 is 0 Å².